The Hall–Kier alpha value is -3.85. The predicted molar refractivity (Wildman–Crippen MR) is 124 cm³/mol. The Morgan fingerprint density at radius 1 is 1.15 bits per heavy atom. The number of H-pyrrole nitrogens is 2. The molecule has 1 atom stereocenters. The molecule has 174 valence electrons. The van der Waals surface area contributed by atoms with Gasteiger partial charge in [0.15, 0.2) is 5.43 Å². The number of amides is 1. The summed E-state index contributed by atoms with van der Waals surface area (Å²) >= 11 is 6.28. The zero-order valence-electron chi connectivity index (χ0n) is 17.7. The fraction of sp³-hybridized carbons (Fsp3) is 0.125. The first-order chi connectivity index (χ1) is 16.1. The summed E-state index contributed by atoms with van der Waals surface area (Å²) in [5.74, 6) is -0.813. The minimum atomic E-state index is -4.78. The third-order valence-electron chi connectivity index (χ3n) is 5.17. The summed E-state index contributed by atoms with van der Waals surface area (Å²) in [6, 6.07) is 12.4. The molecule has 0 radical (unpaired) electrons. The standard InChI is InChI=1S/C24H18ClF3N4O2/c1-13(7-14-5-3-2-4-6-14)22(25)32-23(34)19-10-20(33)17-8-15(16-11-29-30-12-16)9-18(21(17)31-19)24(26,27)28/h2-12,22H,1H3,(H,29,30)(H,31,33)(H,32,34). The molecule has 3 N–H and O–H groups in total. The minimum Gasteiger partial charge on any atom is -0.350 e. The lowest BCUT2D eigenvalue weighted by atomic mass is 10.0. The van der Waals surface area contributed by atoms with Gasteiger partial charge in [0.2, 0.25) is 0 Å². The molecule has 10 heteroatoms. The SMILES string of the molecule is CC(=Cc1ccccc1)C(Cl)NC(=O)c1cc(=O)c2cc(-c3cn[nH]c3)cc(C(F)(F)F)c2[nH]1. The van der Waals surface area contributed by atoms with Crippen LogP contribution in [0.4, 0.5) is 13.2 Å². The lowest BCUT2D eigenvalue weighted by molar-refractivity contribution is -0.136. The summed E-state index contributed by atoms with van der Waals surface area (Å²) in [4.78, 5) is 27.9. The highest BCUT2D eigenvalue weighted by Crippen LogP contribution is 2.36. The van der Waals surface area contributed by atoms with E-state index < -0.39 is 34.1 Å². The van der Waals surface area contributed by atoms with E-state index in [4.69, 9.17) is 11.6 Å². The van der Waals surface area contributed by atoms with Crippen LogP contribution in [0.5, 0.6) is 0 Å². The van der Waals surface area contributed by atoms with Crippen molar-refractivity contribution in [2.24, 2.45) is 0 Å². The van der Waals surface area contributed by atoms with Gasteiger partial charge in [0.25, 0.3) is 5.91 Å². The molecule has 1 unspecified atom stereocenters. The van der Waals surface area contributed by atoms with Crippen molar-refractivity contribution in [1.29, 1.82) is 0 Å². The van der Waals surface area contributed by atoms with Gasteiger partial charge >= 0.3 is 6.18 Å². The molecule has 4 rings (SSSR count). The van der Waals surface area contributed by atoms with Crippen molar-refractivity contribution in [2.45, 2.75) is 18.6 Å². The number of pyridine rings is 1. The van der Waals surface area contributed by atoms with E-state index in [9.17, 15) is 22.8 Å². The lowest BCUT2D eigenvalue weighted by Gasteiger charge is -2.15. The molecule has 4 aromatic rings. The smallest absolute Gasteiger partial charge is 0.350 e. The van der Waals surface area contributed by atoms with E-state index in [1.54, 1.807) is 13.0 Å². The predicted octanol–water partition coefficient (Wildman–Crippen LogP) is 5.34. The van der Waals surface area contributed by atoms with Gasteiger partial charge < -0.3 is 10.3 Å². The normalized spacial score (nSPS) is 13.1. The van der Waals surface area contributed by atoms with Crippen LogP contribution in [-0.2, 0) is 6.18 Å². The van der Waals surface area contributed by atoms with Crippen LogP contribution in [-0.4, -0.2) is 26.6 Å². The third-order valence-corrected chi connectivity index (χ3v) is 5.63. The van der Waals surface area contributed by atoms with E-state index in [1.165, 1.54) is 18.5 Å². The number of hydrogen-bond acceptors (Lipinski definition) is 3. The van der Waals surface area contributed by atoms with Crippen molar-refractivity contribution in [1.82, 2.24) is 20.5 Å². The number of carbonyl (C=O) groups excluding carboxylic acids is 1. The van der Waals surface area contributed by atoms with Gasteiger partial charge in [0.05, 0.1) is 17.3 Å². The second-order valence-corrected chi connectivity index (χ2v) is 8.05. The minimum absolute atomic E-state index is 0.166. The van der Waals surface area contributed by atoms with Crippen molar-refractivity contribution < 1.29 is 18.0 Å². The first-order valence-corrected chi connectivity index (χ1v) is 10.5. The van der Waals surface area contributed by atoms with Crippen LogP contribution in [0.15, 0.2) is 71.3 Å². The Labute approximate surface area is 196 Å². The number of carbonyl (C=O) groups is 1. The quantitative estimate of drug-likeness (QED) is 0.263. The number of nitrogens with zero attached hydrogens (tertiary/aromatic N) is 1. The molecule has 2 aromatic carbocycles. The molecule has 0 fully saturated rings. The average molecular weight is 487 g/mol. The zero-order valence-corrected chi connectivity index (χ0v) is 18.5. The molecule has 0 bridgehead atoms. The van der Waals surface area contributed by atoms with E-state index in [-0.39, 0.29) is 16.6 Å². The number of alkyl halides is 4. The van der Waals surface area contributed by atoms with Gasteiger partial charge in [-0.25, -0.2) is 0 Å². The Bertz CT molecular complexity index is 1430. The molecule has 0 aliphatic carbocycles. The fourth-order valence-corrected chi connectivity index (χ4v) is 3.63. The molecular formula is C24H18ClF3N4O2. The van der Waals surface area contributed by atoms with Crippen LogP contribution >= 0.6 is 11.6 Å². The first kappa shape index (κ1) is 23.3. The molecule has 0 saturated heterocycles. The van der Waals surface area contributed by atoms with Crippen LogP contribution in [0.3, 0.4) is 0 Å². The highest BCUT2D eigenvalue weighted by molar-refractivity contribution is 6.23. The van der Waals surface area contributed by atoms with Crippen molar-refractivity contribution >= 4 is 34.5 Å². The summed E-state index contributed by atoms with van der Waals surface area (Å²) < 4.78 is 41.6. The zero-order chi connectivity index (χ0) is 24.5. The highest BCUT2D eigenvalue weighted by Gasteiger charge is 2.34. The van der Waals surface area contributed by atoms with E-state index in [1.807, 2.05) is 30.3 Å². The topological polar surface area (TPSA) is 90.6 Å². The van der Waals surface area contributed by atoms with E-state index >= 15 is 0 Å². The van der Waals surface area contributed by atoms with Gasteiger partial charge in [-0.3, -0.25) is 14.7 Å². The van der Waals surface area contributed by atoms with Gasteiger partial charge in [0.1, 0.15) is 11.2 Å². The van der Waals surface area contributed by atoms with Gasteiger partial charge in [-0.05, 0) is 35.8 Å². The van der Waals surface area contributed by atoms with E-state index in [2.05, 4.69) is 20.5 Å². The fourth-order valence-electron chi connectivity index (χ4n) is 3.46. The molecule has 0 aliphatic heterocycles. The van der Waals surface area contributed by atoms with Crippen molar-refractivity contribution in [3.05, 3.63) is 93.5 Å². The third kappa shape index (κ3) is 4.89. The largest absolute Gasteiger partial charge is 0.418 e. The number of halogens is 4. The maximum Gasteiger partial charge on any atom is 0.418 e. The summed E-state index contributed by atoms with van der Waals surface area (Å²) in [5.41, 5.74) is -1.56. The maximum absolute atomic E-state index is 13.9. The number of nitrogens with one attached hydrogen (secondary N) is 3. The Balaban J connectivity index is 1.71. The number of benzene rings is 2. The van der Waals surface area contributed by atoms with Crippen LogP contribution in [0.25, 0.3) is 28.1 Å². The Morgan fingerprint density at radius 3 is 2.53 bits per heavy atom. The molecule has 0 aliphatic rings. The summed E-state index contributed by atoms with van der Waals surface area (Å²) in [6.07, 6.45) is -0.243. The number of aromatic nitrogens is 3. The number of rotatable bonds is 5. The Morgan fingerprint density at radius 2 is 1.88 bits per heavy atom. The molecule has 34 heavy (non-hydrogen) atoms. The van der Waals surface area contributed by atoms with Crippen LogP contribution in [0.2, 0.25) is 0 Å². The summed E-state index contributed by atoms with van der Waals surface area (Å²) in [5, 5.41) is 8.56. The van der Waals surface area contributed by atoms with Gasteiger partial charge in [0, 0.05) is 23.2 Å². The number of hydrogen-bond donors (Lipinski definition) is 3. The van der Waals surface area contributed by atoms with Crippen molar-refractivity contribution in [3.8, 4) is 11.1 Å². The molecule has 2 aromatic heterocycles. The van der Waals surface area contributed by atoms with E-state index in [0.717, 1.165) is 17.7 Å². The van der Waals surface area contributed by atoms with Crippen molar-refractivity contribution in [3.63, 3.8) is 0 Å². The number of aromatic amines is 2. The van der Waals surface area contributed by atoms with Crippen molar-refractivity contribution in [2.75, 3.05) is 0 Å². The highest BCUT2D eigenvalue weighted by atomic mass is 35.5. The summed E-state index contributed by atoms with van der Waals surface area (Å²) in [6.45, 7) is 1.70. The average Bonchev–Trinajstić information content (AvgIpc) is 3.33. The van der Waals surface area contributed by atoms with Gasteiger partial charge in [-0.15, -0.1) is 0 Å². The molecule has 2 heterocycles. The first-order valence-electron chi connectivity index (χ1n) is 10.1. The monoisotopic (exact) mass is 486 g/mol. The van der Waals surface area contributed by atoms with Crippen LogP contribution in [0.1, 0.15) is 28.5 Å². The lowest BCUT2D eigenvalue weighted by Crippen LogP contribution is -2.33. The second kappa shape index (κ2) is 9.18. The van der Waals surface area contributed by atoms with Gasteiger partial charge in [-0.2, -0.15) is 18.3 Å². The molecule has 0 spiro atoms. The van der Waals surface area contributed by atoms with Crippen LogP contribution in [0, 0.1) is 0 Å². The molecule has 0 saturated carbocycles. The molecular weight excluding hydrogens is 469 g/mol. The number of fused-ring (bicyclic) bond motifs is 1. The van der Waals surface area contributed by atoms with Crippen LogP contribution < -0.4 is 10.7 Å². The van der Waals surface area contributed by atoms with E-state index in [0.29, 0.717) is 11.1 Å². The second-order valence-electron chi connectivity index (χ2n) is 7.61. The summed E-state index contributed by atoms with van der Waals surface area (Å²) in [7, 11) is 0. The van der Waals surface area contributed by atoms with Gasteiger partial charge in [-0.1, -0.05) is 48.0 Å². The maximum atomic E-state index is 13.9. The Kier molecular flexibility index (Phi) is 6.30. The molecule has 1 amide bonds. The molecule has 6 nitrogen and oxygen atoms in total.